The Morgan fingerprint density at radius 3 is 2.71 bits per heavy atom. The van der Waals surface area contributed by atoms with E-state index in [1.54, 1.807) is 0 Å². The molecule has 1 aliphatic carbocycles. The van der Waals surface area contributed by atoms with Crippen molar-refractivity contribution in [3.8, 4) is 17.2 Å². The lowest BCUT2D eigenvalue weighted by atomic mass is 9.91. The van der Waals surface area contributed by atoms with E-state index >= 15 is 0 Å². The van der Waals surface area contributed by atoms with Crippen molar-refractivity contribution >= 4 is 16.6 Å². The van der Waals surface area contributed by atoms with Gasteiger partial charge in [-0.1, -0.05) is 0 Å². The van der Waals surface area contributed by atoms with Crippen LogP contribution in [0.25, 0.3) is 22.0 Å². The lowest BCUT2D eigenvalue weighted by Crippen LogP contribution is -2.35. The minimum Gasteiger partial charge on any atom is -0.393 e. The smallest absolute Gasteiger partial charge is 0.0994 e. The zero-order valence-electron chi connectivity index (χ0n) is 18.6. The number of anilines is 1. The van der Waals surface area contributed by atoms with E-state index in [0.717, 1.165) is 77.5 Å². The number of nitrogens with zero attached hydrogens (tertiary/aromatic N) is 3. The topological polar surface area (TPSA) is 73.9 Å². The highest BCUT2D eigenvalue weighted by atomic mass is 16.3. The summed E-state index contributed by atoms with van der Waals surface area (Å²) in [4.78, 5) is 4.79. The van der Waals surface area contributed by atoms with Gasteiger partial charge in [0.2, 0.25) is 0 Å². The summed E-state index contributed by atoms with van der Waals surface area (Å²) >= 11 is 0. The third-order valence-corrected chi connectivity index (χ3v) is 7.10. The maximum Gasteiger partial charge on any atom is 0.0994 e. The molecule has 0 saturated heterocycles. The Balaban J connectivity index is 1.66. The number of hydrogen-bond acceptors (Lipinski definition) is 4. The van der Waals surface area contributed by atoms with Crippen LogP contribution in [0.2, 0.25) is 0 Å². The second-order valence-corrected chi connectivity index (χ2v) is 9.94. The number of aryl methyl sites for hydroxylation is 2. The van der Waals surface area contributed by atoms with Gasteiger partial charge in [-0.05, 0) is 83.1 Å². The van der Waals surface area contributed by atoms with Gasteiger partial charge in [-0.15, -0.1) is 0 Å². The molecule has 5 rings (SSSR count). The first kappa shape index (κ1) is 20.1. The van der Waals surface area contributed by atoms with Gasteiger partial charge < -0.3 is 15.0 Å². The number of hydrogen-bond donors (Lipinski definition) is 2. The summed E-state index contributed by atoms with van der Waals surface area (Å²) in [5.41, 5.74) is 7.40. The average Bonchev–Trinajstić information content (AvgIpc) is 3.10. The van der Waals surface area contributed by atoms with Gasteiger partial charge in [0.1, 0.15) is 0 Å². The van der Waals surface area contributed by atoms with E-state index in [2.05, 4.69) is 48.1 Å². The number of rotatable bonds is 2. The second kappa shape index (κ2) is 7.39. The molecule has 1 aromatic carbocycles. The monoisotopic (exact) mass is 414 g/mol. The molecular formula is C26H30N4O. The summed E-state index contributed by atoms with van der Waals surface area (Å²) in [6, 6.07) is 9.12. The van der Waals surface area contributed by atoms with Crippen LogP contribution in [-0.4, -0.2) is 26.3 Å². The van der Waals surface area contributed by atoms with Gasteiger partial charge in [-0.25, -0.2) is 0 Å². The van der Waals surface area contributed by atoms with E-state index in [1.807, 2.05) is 19.2 Å². The number of aliphatic hydroxyl groups excluding tert-OH is 1. The molecule has 5 nitrogen and oxygen atoms in total. The summed E-state index contributed by atoms with van der Waals surface area (Å²) in [5, 5.41) is 24.4. The minimum absolute atomic E-state index is 0.0648. The van der Waals surface area contributed by atoms with Crippen LogP contribution in [0, 0.1) is 18.3 Å². The molecule has 2 aliphatic rings. The largest absolute Gasteiger partial charge is 0.393 e. The summed E-state index contributed by atoms with van der Waals surface area (Å²) in [7, 11) is 0. The van der Waals surface area contributed by atoms with Gasteiger partial charge in [0, 0.05) is 46.0 Å². The third kappa shape index (κ3) is 3.59. The first-order valence-corrected chi connectivity index (χ1v) is 11.4. The average molecular weight is 415 g/mol. The number of aliphatic hydroxyl groups is 1. The van der Waals surface area contributed by atoms with E-state index in [-0.39, 0.29) is 11.6 Å². The van der Waals surface area contributed by atoms with Gasteiger partial charge in [-0.2, -0.15) is 5.26 Å². The highest BCUT2D eigenvalue weighted by molar-refractivity contribution is 5.98. The van der Waals surface area contributed by atoms with Crippen LogP contribution in [0.4, 0.5) is 5.69 Å². The van der Waals surface area contributed by atoms with Crippen molar-refractivity contribution in [1.29, 1.82) is 5.26 Å². The molecule has 0 amide bonds. The van der Waals surface area contributed by atoms with Crippen molar-refractivity contribution in [3.63, 3.8) is 0 Å². The quantitative estimate of drug-likeness (QED) is 0.581. The Morgan fingerprint density at radius 2 is 1.97 bits per heavy atom. The molecule has 2 N–H and O–H groups in total. The number of nitrogens with one attached hydrogen (secondary N) is 1. The molecule has 3 aromatic rings. The molecule has 1 saturated carbocycles. The highest BCUT2D eigenvalue weighted by Crippen LogP contribution is 2.40. The van der Waals surface area contributed by atoms with Gasteiger partial charge in [-0.3, -0.25) is 4.98 Å². The number of fused-ring (bicyclic) bond motifs is 2. The summed E-state index contributed by atoms with van der Waals surface area (Å²) in [5.74, 6) is 0. The van der Waals surface area contributed by atoms with Crippen LogP contribution >= 0.6 is 0 Å². The van der Waals surface area contributed by atoms with Crippen molar-refractivity contribution in [2.24, 2.45) is 0 Å². The number of aromatic nitrogens is 2. The SMILES string of the molecule is Cc1cc2c(cc1C#N)c(-c1cnc3c(c1)NC(C)(C)CC3)cn2[C@H]1CC[C@@H](O)CC1. The fourth-order valence-corrected chi connectivity index (χ4v) is 5.19. The van der Waals surface area contributed by atoms with E-state index in [0.29, 0.717) is 6.04 Å². The lowest BCUT2D eigenvalue weighted by molar-refractivity contribution is 0.111. The summed E-state index contributed by atoms with van der Waals surface area (Å²) in [6.07, 6.45) is 9.73. The molecule has 0 unspecified atom stereocenters. The van der Waals surface area contributed by atoms with E-state index in [4.69, 9.17) is 4.98 Å². The zero-order chi connectivity index (χ0) is 21.8. The predicted octanol–water partition coefficient (Wildman–Crippen LogP) is 5.50. The molecule has 3 heterocycles. The fraction of sp³-hybridized carbons (Fsp3) is 0.462. The van der Waals surface area contributed by atoms with Crippen LogP contribution in [0.1, 0.15) is 68.8 Å². The van der Waals surface area contributed by atoms with Gasteiger partial charge in [0.15, 0.2) is 0 Å². The van der Waals surface area contributed by atoms with Gasteiger partial charge >= 0.3 is 0 Å². The fourth-order valence-electron chi connectivity index (χ4n) is 5.19. The standard InChI is InChI=1S/C26H30N4O/c1-16-10-25-21(11-17(16)13-27)22(15-30(25)19-4-6-20(31)7-5-19)18-12-24-23(28-14-18)8-9-26(2,3)29-24/h10-12,14-15,19-20,29,31H,4-9H2,1-3H3/t19-,20+. The van der Waals surface area contributed by atoms with Crippen LogP contribution in [0.3, 0.4) is 0 Å². The second-order valence-electron chi connectivity index (χ2n) is 9.94. The van der Waals surface area contributed by atoms with Crippen molar-refractivity contribution in [2.45, 2.75) is 77.0 Å². The van der Waals surface area contributed by atoms with Crippen molar-refractivity contribution < 1.29 is 5.11 Å². The molecule has 1 aliphatic heterocycles. The Morgan fingerprint density at radius 1 is 1.19 bits per heavy atom. The van der Waals surface area contributed by atoms with Crippen molar-refractivity contribution in [3.05, 3.63) is 47.4 Å². The molecule has 0 spiro atoms. The lowest BCUT2D eigenvalue weighted by Gasteiger charge is -2.33. The first-order valence-electron chi connectivity index (χ1n) is 11.4. The van der Waals surface area contributed by atoms with Crippen molar-refractivity contribution in [1.82, 2.24) is 9.55 Å². The molecule has 2 aromatic heterocycles. The van der Waals surface area contributed by atoms with E-state index in [9.17, 15) is 10.4 Å². The number of nitriles is 1. The molecular weight excluding hydrogens is 384 g/mol. The number of pyridine rings is 1. The molecule has 0 bridgehead atoms. The zero-order valence-corrected chi connectivity index (χ0v) is 18.6. The number of benzene rings is 1. The van der Waals surface area contributed by atoms with Crippen LogP contribution in [0.5, 0.6) is 0 Å². The summed E-state index contributed by atoms with van der Waals surface area (Å²) < 4.78 is 2.38. The predicted molar refractivity (Wildman–Crippen MR) is 124 cm³/mol. The Bertz CT molecular complexity index is 1190. The van der Waals surface area contributed by atoms with E-state index < -0.39 is 0 Å². The van der Waals surface area contributed by atoms with Crippen LogP contribution in [0.15, 0.2) is 30.6 Å². The molecule has 0 atom stereocenters. The normalized spacial score (nSPS) is 22.5. The summed E-state index contributed by atoms with van der Waals surface area (Å²) in [6.45, 7) is 6.47. The molecule has 160 valence electrons. The van der Waals surface area contributed by atoms with Gasteiger partial charge in [0.05, 0.1) is 29.1 Å². The van der Waals surface area contributed by atoms with Crippen LogP contribution < -0.4 is 5.32 Å². The molecule has 0 radical (unpaired) electrons. The highest BCUT2D eigenvalue weighted by Gasteiger charge is 2.27. The van der Waals surface area contributed by atoms with E-state index in [1.165, 1.54) is 5.52 Å². The van der Waals surface area contributed by atoms with Crippen molar-refractivity contribution in [2.75, 3.05) is 5.32 Å². The molecule has 1 fully saturated rings. The Hall–Kier alpha value is -2.84. The maximum absolute atomic E-state index is 9.98. The molecule has 31 heavy (non-hydrogen) atoms. The minimum atomic E-state index is -0.177. The molecule has 5 heteroatoms. The Kier molecular flexibility index (Phi) is 4.79. The maximum atomic E-state index is 9.98. The van der Waals surface area contributed by atoms with Crippen LogP contribution in [-0.2, 0) is 6.42 Å². The van der Waals surface area contributed by atoms with Gasteiger partial charge in [0.25, 0.3) is 0 Å². The third-order valence-electron chi connectivity index (χ3n) is 7.10. The first-order chi connectivity index (χ1) is 14.8. The Labute approximate surface area is 183 Å².